The summed E-state index contributed by atoms with van der Waals surface area (Å²) in [7, 11) is 0. The third kappa shape index (κ3) is 3.82. The van der Waals surface area contributed by atoms with Gasteiger partial charge in [-0.3, -0.25) is 9.78 Å². The molecule has 0 unspecified atom stereocenters. The largest absolute Gasteiger partial charge is 0.372 e. The van der Waals surface area contributed by atoms with Gasteiger partial charge >= 0.3 is 0 Å². The highest BCUT2D eigenvalue weighted by Crippen LogP contribution is 2.23. The van der Waals surface area contributed by atoms with Gasteiger partial charge in [-0.1, -0.05) is 0 Å². The molecular weight excluding hydrogens is 324 g/mol. The lowest BCUT2D eigenvalue weighted by Gasteiger charge is -2.28. The van der Waals surface area contributed by atoms with Crippen LogP contribution in [0.25, 0.3) is 0 Å². The second-order valence-electron chi connectivity index (χ2n) is 7.17. The summed E-state index contributed by atoms with van der Waals surface area (Å²) in [6.07, 6.45) is 9.75. The van der Waals surface area contributed by atoms with E-state index in [2.05, 4.69) is 32.2 Å². The number of piperidine rings is 1. The number of aromatic nitrogens is 1. The monoisotopic (exact) mass is 350 g/mol. The lowest BCUT2D eigenvalue weighted by molar-refractivity contribution is 0.102. The molecule has 1 N–H and O–H groups in total. The Hall–Kier alpha value is -2.56. The van der Waals surface area contributed by atoms with Gasteiger partial charge < -0.3 is 15.1 Å². The molecule has 4 rings (SSSR count). The van der Waals surface area contributed by atoms with Gasteiger partial charge in [-0.2, -0.15) is 0 Å². The van der Waals surface area contributed by atoms with Gasteiger partial charge in [-0.15, -0.1) is 0 Å². The first-order chi connectivity index (χ1) is 12.8. The summed E-state index contributed by atoms with van der Waals surface area (Å²) in [5, 5.41) is 2.99. The number of amides is 1. The van der Waals surface area contributed by atoms with E-state index in [1.54, 1.807) is 6.20 Å². The van der Waals surface area contributed by atoms with Crippen LogP contribution in [0.15, 0.2) is 42.7 Å². The normalized spacial score (nSPS) is 17.4. The molecule has 2 fully saturated rings. The van der Waals surface area contributed by atoms with Crippen LogP contribution in [0.5, 0.6) is 0 Å². The van der Waals surface area contributed by atoms with E-state index in [-0.39, 0.29) is 5.91 Å². The van der Waals surface area contributed by atoms with Crippen LogP contribution < -0.4 is 15.1 Å². The number of pyridine rings is 1. The summed E-state index contributed by atoms with van der Waals surface area (Å²) in [6.45, 7) is 4.34. The molecule has 0 spiro atoms. The average Bonchev–Trinajstić information content (AvgIpc) is 3.24. The van der Waals surface area contributed by atoms with E-state index in [1.165, 1.54) is 37.8 Å². The van der Waals surface area contributed by atoms with Crippen LogP contribution in [0.3, 0.4) is 0 Å². The Labute approximate surface area is 155 Å². The highest BCUT2D eigenvalue weighted by molar-refractivity contribution is 6.04. The van der Waals surface area contributed by atoms with Crippen LogP contribution in [0, 0.1) is 0 Å². The van der Waals surface area contributed by atoms with Crippen LogP contribution in [0.4, 0.5) is 17.1 Å². The molecule has 0 bridgehead atoms. The van der Waals surface area contributed by atoms with E-state index >= 15 is 0 Å². The fourth-order valence-electron chi connectivity index (χ4n) is 3.81. The second-order valence-corrected chi connectivity index (χ2v) is 7.17. The SMILES string of the molecule is O=C(Nc1ccc(N2CCCCC2)cc1)c1cncc(N2CCCC2)c1. The minimum absolute atomic E-state index is 0.107. The maximum atomic E-state index is 12.6. The van der Waals surface area contributed by atoms with E-state index < -0.39 is 0 Å². The number of anilines is 3. The highest BCUT2D eigenvalue weighted by atomic mass is 16.1. The van der Waals surface area contributed by atoms with Gasteiger partial charge in [0.2, 0.25) is 0 Å². The van der Waals surface area contributed by atoms with Gasteiger partial charge in [0.05, 0.1) is 17.4 Å². The van der Waals surface area contributed by atoms with Gasteiger partial charge in [-0.25, -0.2) is 0 Å². The molecule has 2 aromatic rings. The van der Waals surface area contributed by atoms with Crippen molar-refractivity contribution in [3.63, 3.8) is 0 Å². The van der Waals surface area contributed by atoms with Crippen molar-refractivity contribution in [1.82, 2.24) is 4.98 Å². The number of benzene rings is 1. The first kappa shape index (κ1) is 16.9. The van der Waals surface area contributed by atoms with E-state index in [1.807, 2.05) is 24.4 Å². The zero-order chi connectivity index (χ0) is 17.8. The van der Waals surface area contributed by atoms with Crippen LogP contribution in [-0.2, 0) is 0 Å². The van der Waals surface area contributed by atoms with Gasteiger partial charge in [0.15, 0.2) is 0 Å². The molecule has 5 nitrogen and oxygen atoms in total. The summed E-state index contributed by atoms with van der Waals surface area (Å²) in [5.41, 5.74) is 3.70. The van der Waals surface area contributed by atoms with Crippen molar-refractivity contribution in [1.29, 1.82) is 0 Å². The molecule has 26 heavy (non-hydrogen) atoms. The average molecular weight is 350 g/mol. The zero-order valence-corrected chi connectivity index (χ0v) is 15.2. The van der Waals surface area contributed by atoms with Gasteiger partial charge in [0.1, 0.15) is 0 Å². The fourth-order valence-corrected chi connectivity index (χ4v) is 3.81. The van der Waals surface area contributed by atoms with Gasteiger partial charge in [0.25, 0.3) is 5.91 Å². The standard InChI is InChI=1S/C21H26N4O/c26-21(17-14-20(16-22-15-17)25-12-4-5-13-25)23-18-6-8-19(9-7-18)24-10-2-1-3-11-24/h6-9,14-16H,1-5,10-13H2,(H,23,26). The number of hydrogen-bond donors (Lipinski definition) is 1. The summed E-state index contributed by atoms with van der Waals surface area (Å²) in [4.78, 5) is 21.5. The first-order valence-electron chi connectivity index (χ1n) is 9.66. The number of rotatable bonds is 4. The van der Waals surface area contributed by atoms with Gasteiger partial charge in [0, 0.05) is 43.8 Å². The molecule has 2 aliphatic rings. The predicted octanol–water partition coefficient (Wildman–Crippen LogP) is 3.92. The van der Waals surface area contributed by atoms with Crippen molar-refractivity contribution in [3.8, 4) is 0 Å². The third-order valence-corrected chi connectivity index (χ3v) is 5.30. The Kier molecular flexibility index (Phi) is 5.04. The predicted molar refractivity (Wildman–Crippen MR) is 106 cm³/mol. The van der Waals surface area contributed by atoms with E-state index in [9.17, 15) is 4.79 Å². The minimum atomic E-state index is -0.107. The molecule has 136 valence electrons. The maximum absolute atomic E-state index is 12.6. The molecule has 5 heteroatoms. The molecule has 0 atom stereocenters. The van der Waals surface area contributed by atoms with E-state index in [4.69, 9.17) is 0 Å². The summed E-state index contributed by atoms with van der Waals surface area (Å²) >= 11 is 0. The summed E-state index contributed by atoms with van der Waals surface area (Å²) in [6, 6.07) is 10.1. The van der Waals surface area contributed by atoms with Crippen molar-refractivity contribution < 1.29 is 4.79 Å². The van der Waals surface area contributed by atoms with E-state index in [0.29, 0.717) is 5.56 Å². The molecule has 2 saturated heterocycles. The van der Waals surface area contributed by atoms with Crippen molar-refractivity contribution in [2.24, 2.45) is 0 Å². The summed E-state index contributed by atoms with van der Waals surface area (Å²) in [5.74, 6) is -0.107. The summed E-state index contributed by atoms with van der Waals surface area (Å²) < 4.78 is 0. The number of hydrogen-bond acceptors (Lipinski definition) is 4. The molecule has 0 aliphatic carbocycles. The molecule has 0 saturated carbocycles. The second kappa shape index (κ2) is 7.77. The molecule has 2 aliphatic heterocycles. The quantitative estimate of drug-likeness (QED) is 0.908. The van der Waals surface area contributed by atoms with E-state index in [0.717, 1.165) is 37.6 Å². The minimum Gasteiger partial charge on any atom is -0.372 e. The Morgan fingerprint density at radius 1 is 0.808 bits per heavy atom. The lowest BCUT2D eigenvalue weighted by Crippen LogP contribution is -2.29. The number of carbonyl (C=O) groups is 1. The number of carbonyl (C=O) groups excluding carboxylic acids is 1. The van der Waals surface area contributed by atoms with Crippen molar-refractivity contribution in [3.05, 3.63) is 48.3 Å². The topological polar surface area (TPSA) is 48.5 Å². The van der Waals surface area contributed by atoms with Crippen LogP contribution >= 0.6 is 0 Å². The number of nitrogens with one attached hydrogen (secondary N) is 1. The smallest absolute Gasteiger partial charge is 0.257 e. The molecule has 1 aromatic heterocycles. The fraction of sp³-hybridized carbons (Fsp3) is 0.429. The zero-order valence-electron chi connectivity index (χ0n) is 15.2. The molecule has 1 aromatic carbocycles. The van der Waals surface area contributed by atoms with Gasteiger partial charge in [-0.05, 0) is 62.4 Å². The van der Waals surface area contributed by atoms with Crippen molar-refractivity contribution in [2.45, 2.75) is 32.1 Å². The molecular formula is C21H26N4O. The Morgan fingerprint density at radius 3 is 2.12 bits per heavy atom. The highest BCUT2D eigenvalue weighted by Gasteiger charge is 2.15. The Morgan fingerprint density at radius 2 is 1.42 bits per heavy atom. The first-order valence-corrected chi connectivity index (χ1v) is 9.66. The number of nitrogens with zero attached hydrogens (tertiary/aromatic N) is 3. The lowest BCUT2D eigenvalue weighted by atomic mass is 10.1. The van der Waals surface area contributed by atoms with Crippen LogP contribution in [-0.4, -0.2) is 37.1 Å². The van der Waals surface area contributed by atoms with Crippen molar-refractivity contribution >= 4 is 23.0 Å². The Bertz CT molecular complexity index is 747. The Balaban J connectivity index is 1.42. The third-order valence-electron chi connectivity index (χ3n) is 5.30. The molecule has 1 amide bonds. The van der Waals surface area contributed by atoms with Crippen molar-refractivity contribution in [2.75, 3.05) is 41.3 Å². The molecule has 0 radical (unpaired) electrons. The van der Waals surface area contributed by atoms with Crippen LogP contribution in [0.2, 0.25) is 0 Å². The van der Waals surface area contributed by atoms with Crippen LogP contribution in [0.1, 0.15) is 42.5 Å². The molecule has 3 heterocycles. The maximum Gasteiger partial charge on any atom is 0.257 e.